The summed E-state index contributed by atoms with van der Waals surface area (Å²) in [7, 11) is -3.17. The number of hydrogen-bond acceptors (Lipinski definition) is 3. The van der Waals surface area contributed by atoms with E-state index < -0.39 is 9.84 Å². The molecule has 0 radical (unpaired) electrons. The Balaban J connectivity index is 3.37. The maximum atomic E-state index is 11.2. The van der Waals surface area contributed by atoms with E-state index in [9.17, 15) is 13.2 Å². The first-order valence-electron chi connectivity index (χ1n) is 3.71. The monoisotopic (exact) mass is 198 g/mol. The van der Waals surface area contributed by atoms with E-state index in [1.165, 1.54) is 12.1 Å². The summed E-state index contributed by atoms with van der Waals surface area (Å²) in [4.78, 5) is 10.6. The molecule has 0 aromatic heterocycles. The molecule has 13 heavy (non-hydrogen) atoms. The maximum Gasteiger partial charge on any atom is 0.175 e. The van der Waals surface area contributed by atoms with E-state index in [0.29, 0.717) is 17.4 Å². The number of sulfone groups is 1. The van der Waals surface area contributed by atoms with Crippen molar-refractivity contribution in [2.45, 2.75) is 11.8 Å². The lowest BCUT2D eigenvalue weighted by Gasteiger charge is -2.02. The molecule has 0 saturated heterocycles. The molecule has 3 nitrogen and oxygen atoms in total. The van der Waals surface area contributed by atoms with Crippen LogP contribution in [0.15, 0.2) is 23.1 Å². The van der Waals surface area contributed by atoms with E-state index in [1.54, 1.807) is 13.0 Å². The predicted octanol–water partition coefficient (Wildman–Crippen LogP) is 1.21. The van der Waals surface area contributed by atoms with Crippen molar-refractivity contribution in [2.24, 2.45) is 0 Å². The summed E-state index contributed by atoms with van der Waals surface area (Å²) in [6.45, 7) is 1.67. The van der Waals surface area contributed by atoms with Crippen molar-refractivity contribution in [3.8, 4) is 0 Å². The SMILES string of the molecule is Cc1cc(C=O)ccc1S(C)(=O)=O. The van der Waals surface area contributed by atoms with Crippen LogP contribution >= 0.6 is 0 Å². The molecule has 0 bridgehead atoms. The van der Waals surface area contributed by atoms with E-state index in [1.807, 2.05) is 0 Å². The van der Waals surface area contributed by atoms with Gasteiger partial charge in [-0.05, 0) is 24.6 Å². The fraction of sp³-hybridized carbons (Fsp3) is 0.222. The highest BCUT2D eigenvalue weighted by Gasteiger charge is 2.10. The van der Waals surface area contributed by atoms with Crippen molar-refractivity contribution in [2.75, 3.05) is 6.26 Å². The van der Waals surface area contributed by atoms with Gasteiger partial charge in [0.15, 0.2) is 9.84 Å². The van der Waals surface area contributed by atoms with Gasteiger partial charge in [0, 0.05) is 11.8 Å². The molecule has 0 N–H and O–H groups in total. The van der Waals surface area contributed by atoms with Gasteiger partial charge in [-0.25, -0.2) is 8.42 Å². The summed E-state index contributed by atoms with van der Waals surface area (Å²) < 4.78 is 22.3. The Morgan fingerprint density at radius 1 is 1.31 bits per heavy atom. The third kappa shape index (κ3) is 2.15. The van der Waals surface area contributed by atoms with Crippen LogP contribution in [0.1, 0.15) is 15.9 Å². The summed E-state index contributed by atoms with van der Waals surface area (Å²) in [6, 6.07) is 4.51. The molecule has 0 unspecified atom stereocenters. The zero-order valence-electron chi connectivity index (χ0n) is 7.44. The van der Waals surface area contributed by atoms with Gasteiger partial charge < -0.3 is 0 Å². The molecule has 0 aliphatic rings. The van der Waals surface area contributed by atoms with E-state index in [4.69, 9.17) is 0 Å². The quantitative estimate of drug-likeness (QED) is 0.671. The lowest BCUT2D eigenvalue weighted by molar-refractivity contribution is 0.112. The molecule has 4 heteroatoms. The molecule has 0 aliphatic carbocycles. The fourth-order valence-electron chi connectivity index (χ4n) is 1.16. The molecule has 0 atom stereocenters. The Morgan fingerprint density at radius 2 is 1.92 bits per heavy atom. The average Bonchev–Trinajstić information content (AvgIpc) is 2.01. The zero-order chi connectivity index (χ0) is 10.1. The molecule has 0 amide bonds. The van der Waals surface area contributed by atoms with Gasteiger partial charge in [-0.2, -0.15) is 0 Å². The van der Waals surface area contributed by atoms with Crippen molar-refractivity contribution in [1.82, 2.24) is 0 Å². The van der Waals surface area contributed by atoms with Crippen LogP contribution in [-0.4, -0.2) is 21.0 Å². The highest BCUT2D eigenvalue weighted by Crippen LogP contribution is 2.15. The standard InChI is InChI=1S/C9H10O3S/c1-7-5-8(6-10)3-4-9(7)13(2,11)12/h3-6H,1-2H3. The van der Waals surface area contributed by atoms with Crippen LogP contribution in [0.2, 0.25) is 0 Å². The third-order valence-electron chi connectivity index (χ3n) is 1.73. The van der Waals surface area contributed by atoms with Crippen molar-refractivity contribution >= 4 is 16.1 Å². The van der Waals surface area contributed by atoms with Crippen molar-refractivity contribution in [3.05, 3.63) is 29.3 Å². The lowest BCUT2D eigenvalue weighted by Crippen LogP contribution is -2.00. The highest BCUT2D eigenvalue weighted by atomic mass is 32.2. The first-order valence-corrected chi connectivity index (χ1v) is 5.60. The number of carbonyl (C=O) groups excluding carboxylic acids is 1. The second-order valence-corrected chi connectivity index (χ2v) is 4.90. The minimum absolute atomic E-state index is 0.276. The van der Waals surface area contributed by atoms with Crippen molar-refractivity contribution in [3.63, 3.8) is 0 Å². The summed E-state index contributed by atoms with van der Waals surface area (Å²) in [5.41, 5.74) is 1.09. The van der Waals surface area contributed by atoms with Gasteiger partial charge >= 0.3 is 0 Å². The normalized spacial score (nSPS) is 11.2. The summed E-state index contributed by atoms with van der Waals surface area (Å²) in [5.74, 6) is 0. The zero-order valence-corrected chi connectivity index (χ0v) is 8.26. The number of carbonyl (C=O) groups is 1. The fourth-order valence-corrected chi connectivity index (χ4v) is 2.12. The number of rotatable bonds is 2. The largest absolute Gasteiger partial charge is 0.298 e. The van der Waals surface area contributed by atoms with Crippen molar-refractivity contribution < 1.29 is 13.2 Å². The first-order chi connectivity index (χ1) is 5.95. The van der Waals surface area contributed by atoms with Crippen LogP contribution in [0.3, 0.4) is 0 Å². The second kappa shape index (κ2) is 3.30. The number of aldehydes is 1. The van der Waals surface area contributed by atoms with Crippen LogP contribution in [0.25, 0.3) is 0 Å². The molecule has 0 spiro atoms. The van der Waals surface area contributed by atoms with Gasteiger partial charge in [0.2, 0.25) is 0 Å². The smallest absolute Gasteiger partial charge is 0.175 e. The summed E-state index contributed by atoms with van der Waals surface area (Å²) in [6.07, 6.45) is 1.84. The Labute approximate surface area is 77.3 Å². The number of benzene rings is 1. The van der Waals surface area contributed by atoms with E-state index in [-0.39, 0.29) is 4.90 Å². The average molecular weight is 198 g/mol. The van der Waals surface area contributed by atoms with Crippen LogP contribution in [0, 0.1) is 6.92 Å². The Morgan fingerprint density at radius 3 is 2.31 bits per heavy atom. The summed E-state index contributed by atoms with van der Waals surface area (Å²) >= 11 is 0. The minimum Gasteiger partial charge on any atom is -0.298 e. The molecule has 0 aliphatic heterocycles. The van der Waals surface area contributed by atoms with Gasteiger partial charge in [-0.3, -0.25) is 4.79 Å². The molecule has 1 aromatic rings. The highest BCUT2D eigenvalue weighted by molar-refractivity contribution is 7.90. The van der Waals surface area contributed by atoms with Crippen LogP contribution in [0.5, 0.6) is 0 Å². The Kier molecular flexibility index (Phi) is 2.52. The minimum atomic E-state index is -3.17. The Bertz CT molecular complexity index is 432. The second-order valence-electron chi connectivity index (χ2n) is 2.91. The van der Waals surface area contributed by atoms with Gasteiger partial charge in [0.1, 0.15) is 6.29 Å². The molecule has 0 fully saturated rings. The van der Waals surface area contributed by atoms with Crippen LogP contribution in [-0.2, 0) is 9.84 Å². The van der Waals surface area contributed by atoms with E-state index >= 15 is 0 Å². The van der Waals surface area contributed by atoms with Crippen molar-refractivity contribution in [1.29, 1.82) is 0 Å². The molecule has 1 aromatic carbocycles. The van der Waals surface area contributed by atoms with E-state index in [2.05, 4.69) is 0 Å². The van der Waals surface area contributed by atoms with Gasteiger partial charge in [0.25, 0.3) is 0 Å². The van der Waals surface area contributed by atoms with E-state index in [0.717, 1.165) is 6.26 Å². The molecule has 0 heterocycles. The summed E-state index contributed by atoms with van der Waals surface area (Å²) in [5, 5.41) is 0. The first kappa shape index (κ1) is 9.92. The lowest BCUT2D eigenvalue weighted by atomic mass is 10.2. The van der Waals surface area contributed by atoms with Crippen LogP contribution < -0.4 is 0 Å². The van der Waals surface area contributed by atoms with Gasteiger partial charge in [0.05, 0.1) is 4.90 Å². The van der Waals surface area contributed by atoms with Crippen LogP contribution in [0.4, 0.5) is 0 Å². The predicted molar refractivity (Wildman–Crippen MR) is 49.7 cm³/mol. The molecular weight excluding hydrogens is 188 g/mol. The van der Waals surface area contributed by atoms with Gasteiger partial charge in [-0.15, -0.1) is 0 Å². The Hall–Kier alpha value is -1.16. The molecular formula is C9H10O3S. The van der Waals surface area contributed by atoms with Gasteiger partial charge in [-0.1, -0.05) is 6.07 Å². The number of aryl methyl sites for hydroxylation is 1. The number of hydrogen-bond donors (Lipinski definition) is 0. The third-order valence-corrected chi connectivity index (χ3v) is 2.99. The maximum absolute atomic E-state index is 11.2. The molecule has 70 valence electrons. The molecule has 1 rings (SSSR count). The topological polar surface area (TPSA) is 51.2 Å². The molecule has 0 saturated carbocycles.